The van der Waals surface area contributed by atoms with Gasteiger partial charge in [0.15, 0.2) is 0 Å². The molecule has 1 aliphatic heterocycles. The normalized spacial score (nSPS) is 14.3. The van der Waals surface area contributed by atoms with Gasteiger partial charge in [-0.05, 0) is 22.8 Å². The number of rotatable bonds is 3. The molecule has 2 aromatic carbocycles. The smallest absolute Gasteiger partial charge is 0.249 e. The van der Waals surface area contributed by atoms with E-state index in [0.29, 0.717) is 5.56 Å². The quantitative estimate of drug-likeness (QED) is 0.911. The Balaban J connectivity index is 1.81. The van der Waals surface area contributed by atoms with E-state index in [9.17, 15) is 4.79 Å². The number of fused-ring (bicyclic) bond motifs is 1. The van der Waals surface area contributed by atoms with E-state index < -0.39 is 0 Å². The van der Waals surface area contributed by atoms with Gasteiger partial charge in [-0.1, -0.05) is 42.5 Å². The molecule has 1 heterocycles. The van der Waals surface area contributed by atoms with Gasteiger partial charge in [-0.25, -0.2) is 0 Å². The summed E-state index contributed by atoms with van der Waals surface area (Å²) >= 11 is 0. The maximum Gasteiger partial charge on any atom is 0.249 e. The number of hydrogen-bond acceptors (Lipinski definition) is 2. The second-order valence-electron chi connectivity index (χ2n) is 4.94. The van der Waals surface area contributed by atoms with Crippen molar-refractivity contribution < 1.29 is 4.79 Å². The Morgan fingerprint density at radius 3 is 2.58 bits per heavy atom. The van der Waals surface area contributed by atoms with E-state index in [2.05, 4.69) is 23.1 Å². The maximum absolute atomic E-state index is 11.4. The zero-order chi connectivity index (χ0) is 13.2. The van der Waals surface area contributed by atoms with Gasteiger partial charge in [0, 0.05) is 25.2 Å². The molecule has 0 unspecified atom stereocenters. The van der Waals surface area contributed by atoms with Crippen LogP contribution in [0.3, 0.4) is 0 Å². The van der Waals surface area contributed by atoms with Gasteiger partial charge in [0.05, 0.1) is 0 Å². The Morgan fingerprint density at radius 1 is 1.05 bits per heavy atom. The highest BCUT2D eigenvalue weighted by atomic mass is 16.1. The fraction of sp³-hybridized carbons (Fsp3) is 0.188. The predicted molar refractivity (Wildman–Crippen MR) is 74.4 cm³/mol. The summed E-state index contributed by atoms with van der Waals surface area (Å²) in [6.07, 6.45) is 0. The summed E-state index contributed by atoms with van der Waals surface area (Å²) in [5, 5.41) is 0. The second kappa shape index (κ2) is 4.86. The lowest BCUT2D eigenvalue weighted by Crippen LogP contribution is -2.17. The van der Waals surface area contributed by atoms with Gasteiger partial charge >= 0.3 is 0 Å². The summed E-state index contributed by atoms with van der Waals surface area (Å²) < 4.78 is 0. The molecule has 96 valence electrons. The molecular weight excluding hydrogens is 236 g/mol. The van der Waals surface area contributed by atoms with Gasteiger partial charge in [0.1, 0.15) is 0 Å². The molecule has 0 bridgehead atoms. The average Bonchev–Trinajstić information content (AvgIpc) is 2.81. The number of benzene rings is 2. The molecule has 19 heavy (non-hydrogen) atoms. The van der Waals surface area contributed by atoms with Gasteiger partial charge in [-0.15, -0.1) is 0 Å². The Hall–Kier alpha value is -2.13. The fourth-order valence-corrected chi connectivity index (χ4v) is 2.67. The molecular formula is C16H16N2O. The van der Waals surface area contributed by atoms with Crippen molar-refractivity contribution in [1.82, 2.24) is 4.90 Å². The van der Waals surface area contributed by atoms with Crippen LogP contribution < -0.4 is 5.73 Å². The van der Waals surface area contributed by atoms with Gasteiger partial charge < -0.3 is 5.73 Å². The van der Waals surface area contributed by atoms with Crippen molar-refractivity contribution >= 4 is 5.91 Å². The van der Waals surface area contributed by atoms with Crippen LogP contribution in [0.25, 0.3) is 0 Å². The van der Waals surface area contributed by atoms with Crippen molar-refractivity contribution in [3.05, 3.63) is 70.8 Å². The fourth-order valence-electron chi connectivity index (χ4n) is 2.67. The Kier molecular flexibility index (Phi) is 3.05. The summed E-state index contributed by atoms with van der Waals surface area (Å²) in [5.41, 5.74) is 9.68. The third-order valence-electron chi connectivity index (χ3n) is 3.56. The van der Waals surface area contributed by atoms with Gasteiger partial charge in [-0.3, -0.25) is 9.69 Å². The SMILES string of the molecule is NC(=O)c1cccc2c1CN(Cc1ccccc1)C2. The molecule has 1 amide bonds. The van der Waals surface area contributed by atoms with Gasteiger partial charge in [-0.2, -0.15) is 0 Å². The molecule has 3 heteroatoms. The van der Waals surface area contributed by atoms with Crippen molar-refractivity contribution in [1.29, 1.82) is 0 Å². The van der Waals surface area contributed by atoms with E-state index in [-0.39, 0.29) is 5.91 Å². The monoisotopic (exact) mass is 252 g/mol. The lowest BCUT2D eigenvalue weighted by Gasteiger charge is -2.14. The summed E-state index contributed by atoms with van der Waals surface area (Å²) in [6, 6.07) is 16.2. The van der Waals surface area contributed by atoms with Crippen LogP contribution in [0.5, 0.6) is 0 Å². The highest BCUT2D eigenvalue weighted by Gasteiger charge is 2.22. The molecule has 0 fully saturated rings. The van der Waals surface area contributed by atoms with E-state index in [1.807, 2.05) is 30.3 Å². The maximum atomic E-state index is 11.4. The van der Waals surface area contributed by atoms with Crippen molar-refractivity contribution in [3.8, 4) is 0 Å². The molecule has 0 saturated heterocycles. The highest BCUT2D eigenvalue weighted by Crippen LogP contribution is 2.27. The first kappa shape index (κ1) is 11.9. The first-order chi connectivity index (χ1) is 9.24. The number of carbonyl (C=O) groups excluding carboxylic acids is 1. The Labute approximate surface area is 112 Å². The number of hydrogen-bond donors (Lipinski definition) is 1. The molecule has 0 radical (unpaired) electrons. The zero-order valence-electron chi connectivity index (χ0n) is 10.7. The Bertz CT molecular complexity index is 607. The van der Waals surface area contributed by atoms with E-state index in [1.54, 1.807) is 0 Å². The molecule has 2 aromatic rings. The van der Waals surface area contributed by atoms with Crippen LogP contribution >= 0.6 is 0 Å². The van der Waals surface area contributed by atoms with Crippen LogP contribution in [0.2, 0.25) is 0 Å². The molecule has 0 spiro atoms. The second-order valence-corrected chi connectivity index (χ2v) is 4.94. The van der Waals surface area contributed by atoms with Crippen LogP contribution in [-0.4, -0.2) is 10.8 Å². The van der Waals surface area contributed by atoms with Crippen molar-refractivity contribution in [2.75, 3.05) is 0 Å². The predicted octanol–water partition coefficient (Wildman–Crippen LogP) is 2.30. The van der Waals surface area contributed by atoms with Crippen LogP contribution in [0, 0.1) is 0 Å². The number of carbonyl (C=O) groups is 1. The van der Waals surface area contributed by atoms with E-state index in [4.69, 9.17) is 5.73 Å². The highest BCUT2D eigenvalue weighted by molar-refractivity contribution is 5.94. The first-order valence-electron chi connectivity index (χ1n) is 6.41. The lowest BCUT2D eigenvalue weighted by atomic mass is 10.0. The molecule has 0 atom stereocenters. The number of nitrogens with zero attached hydrogens (tertiary/aromatic N) is 1. The minimum absolute atomic E-state index is 0.335. The van der Waals surface area contributed by atoms with Crippen LogP contribution in [-0.2, 0) is 19.6 Å². The third-order valence-corrected chi connectivity index (χ3v) is 3.56. The summed E-state index contributed by atoms with van der Waals surface area (Å²) in [6.45, 7) is 2.57. The van der Waals surface area contributed by atoms with Crippen LogP contribution in [0.15, 0.2) is 48.5 Å². The molecule has 2 N–H and O–H groups in total. The molecule has 3 rings (SSSR count). The third kappa shape index (κ3) is 2.37. The van der Waals surface area contributed by atoms with Crippen LogP contribution in [0.4, 0.5) is 0 Å². The molecule has 1 aliphatic rings. The van der Waals surface area contributed by atoms with Crippen LogP contribution in [0.1, 0.15) is 27.0 Å². The number of nitrogens with two attached hydrogens (primary N) is 1. The van der Waals surface area contributed by atoms with Gasteiger partial charge in [0.2, 0.25) is 5.91 Å². The van der Waals surface area contributed by atoms with Gasteiger partial charge in [0.25, 0.3) is 0 Å². The van der Waals surface area contributed by atoms with Crippen molar-refractivity contribution in [2.24, 2.45) is 5.73 Å². The summed E-state index contributed by atoms with van der Waals surface area (Å²) in [4.78, 5) is 13.8. The van der Waals surface area contributed by atoms with E-state index >= 15 is 0 Å². The number of primary amides is 1. The minimum atomic E-state index is -0.335. The minimum Gasteiger partial charge on any atom is -0.366 e. The lowest BCUT2D eigenvalue weighted by molar-refractivity contribution is 0.0999. The first-order valence-corrected chi connectivity index (χ1v) is 6.41. The van der Waals surface area contributed by atoms with E-state index in [1.165, 1.54) is 11.1 Å². The molecule has 0 aliphatic carbocycles. The van der Waals surface area contributed by atoms with Crippen molar-refractivity contribution in [3.63, 3.8) is 0 Å². The topological polar surface area (TPSA) is 46.3 Å². The number of amides is 1. The molecule has 0 saturated carbocycles. The zero-order valence-corrected chi connectivity index (χ0v) is 10.7. The standard InChI is InChI=1S/C16H16N2O/c17-16(19)14-8-4-7-13-10-18(11-15(13)14)9-12-5-2-1-3-6-12/h1-8H,9-11H2,(H2,17,19). The largest absolute Gasteiger partial charge is 0.366 e. The van der Waals surface area contributed by atoms with E-state index in [0.717, 1.165) is 25.2 Å². The Morgan fingerprint density at radius 2 is 1.84 bits per heavy atom. The average molecular weight is 252 g/mol. The molecule has 0 aromatic heterocycles. The summed E-state index contributed by atoms with van der Waals surface area (Å²) in [7, 11) is 0. The van der Waals surface area contributed by atoms with Crippen molar-refractivity contribution in [2.45, 2.75) is 19.6 Å². The summed E-state index contributed by atoms with van der Waals surface area (Å²) in [5.74, 6) is -0.335. The molecule has 3 nitrogen and oxygen atoms in total.